The Kier molecular flexibility index (Phi) is 13.3. The zero-order valence-corrected chi connectivity index (χ0v) is 25.8. The summed E-state index contributed by atoms with van der Waals surface area (Å²) in [4.78, 5) is 52.1. The maximum atomic E-state index is 13.5. The van der Waals surface area contributed by atoms with Crippen LogP contribution in [0, 0.1) is 5.92 Å². The van der Waals surface area contributed by atoms with Gasteiger partial charge < -0.3 is 31.1 Å². The topological polar surface area (TPSA) is 146 Å². The number of hydrogen-bond acceptors (Lipinski definition) is 6. The third-order valence-corrected chi connectivity index (χ3v) is 6.49. The van der Waals surface area contributed by atoms with Gasteiger partial charge in [-0.2, -0.15) is 0 Å². The van der Waals surface area contributed by atoms with Gasteiger partial charge in [-0.15, -0.1) is 0 Å². The molecule has 2 aromatic rings. The third kappa shape index (κ3) is 11.7. The molecule has 4 atom stereocenters. The third-order valence-electron chi connectivity index (χ3n) is 6.23. The summed E-state index contributed by atoms with van der Waals surface area (Å²) in [5, 5.41) is 22.0. The van der Waals surface area contributed by atoms with E-state index in [0.717, 1.165) is 11.1 Å². The molecule has 230 valence electrons. The van der Waals surface area contributed by atoms with Crippen molar-refractivity contribution < 1.29 is 29.0 Å². The van der Waals surface area contributed by atoms with Crippen LogP contribution in [0.3, 0.4) is 0 Å². The van der Waals surface area contributed by atoms with E-state index in [1.54, 1.807) is 65.8 Å². The van der Waals surface area contributed by atoms with Gasteiger partial charge in [-0.25, -0.2) is 4.79 Å². The molecule has 5 N–H and O–H groups in total. The summed E-state index contributed by atoms with van der Waals surface area (Å²) in [6.45, 7) is 10.7. The van der Waals surface area contributed by atoms with Crippen molar-refractivity contribution in [1.29, 1.82) is 0 Å². The number of rotatable bonds is 13. The number of alkyl carbamates (subject to hydrolysis) is 1. The lowest BCUT2D eigenvalue weighted by Gasteiger charge is -2.29. The quantitative estimate of drug-likeness (QED) is 0.238. The number of halogens is 1. The van der Waals surface area contributed by atoms with E-state index in [1.165, 1.54) is 0 Å². The first-order valence-corrected chi connectivity index (χ1v) is 14.4. The molecule has 0 saturated heterocycles. The van der Waals surface area contributed by atoms with Crippen molar-refractivity contribution in [1.82, 2.24) is 21.3 Å². The predicted molar refractivity (Wildman–Crippen MR) is 162 cm³/mol. The number of carbonyl (C=O) groups is 4. The van der Waals surface area contributed by atoms with Crippen molar-refractivity contribution in [3.05, 3.63) is 70.7 Å². The first kappa shape index (κ1) is 34.6. The number of likely N-dealkylation sites (N-methyl/N-ethyl adjacent to an activating group) is 1. The number of hydrogen-bond donors (Lipinski definition) is 5. The monoisotopic (exact) mass is 602 g/mol. The Hall–Kier alpha value is -3.63. The van der Waals surface area contributed by atoms with Crippen molar-refractivity contribution in [2.24, 2.45) is 5.92 Å². The van der Waals surface area contributed by atoms with Crippen molar-refractivity contribution in [3.8, 4) is 0 Å². The molecule has 2 rings (SSSR count). The van der Waals surface area contributed by atoms with Crippen LogP contribution in [-0.4, -0.2) is 65.3 Å². The molecular formula is C31H43ClN4O6. The average molecular weight is 603 g/mol. The van der Waals surface area contributed by atoms with Gasteiger partial charge >= 0.3 is 6.09 Å². The van der Waals surface area contributed by atoms with Crippen LogP contribution in [0.5, 0.6) is 0 Å². The highest BCUT2D eigenvalue weighted by Gasteiger charge is 2.34. The van der Waals surface area contributed by atoms with Crippen LogP contribution >= 0.6 is 11.6 Å². The summed E-state index contributed by atoms with van der Waals surface area (Å²) in [6.07, 6.45) is -2.02. The molecule has 10 nitrogen and oxygen atoms in total. The van der Waals surface area contributed by atoms with Crippen LogP contribution in [0.15, 0.2) is 54.6 Å². The van der Waals surface area contributed by atoms with Crippen LogP contribution in [0.1, 0.15) is 52.7 Å². The average Bonchev–Trinajstić information content (AvgIpc) is 2.91. The summed E-state index contributed by atoms with van der Waals surface area (Å²) in [7, 11) is 0. The molecule has 0 bridgehead atoms. The number of amides is 4. The van der Waals surface area contributed by atoms with Gasteiger partial charge in [0.2, 0.25) is 11.8 Å². The Balaban J connectivity index is 2.27. The fourth-order valence-electron chi connectivity index (χ4n) is 4.15. The van der Waals surface area contributed by atoms with Crippen LogP contribution in [-0.2, 0) is 32.0 Å². The Labute approximate surface area is 252 Å². The highest BCUT2D eigenvalue weighted by atomic mass is 35.5. The fraction of sp³-hybridized carbons (Fsp3) is 0.484. The molecule has 1 unspecified atom stereocenters. The molecule has 2 aromatic carbocycles. The summed E-state index contributed by atoms with van der Waals surface area (Å²) < 4.78 is 5.36. The SMILES string of the molecule is CCNC(=O)C(O)[C@H](Cc1ccc(Cl)cc1)NC(=O)[C@@H](NC(=O)[C@H](Cc1ccccc1)NC(=O)OC(C)(C)C)C(C)C. The van der Waals surface area contributed by atoms with E-state index in [-0.39, 0.29) is 18.8 Å². The van der Waals surface area contributed by atoms with E-state index >= 15 is 0 Å². The predicted octanol–water partition coefficient (Wildman–Crippen LogP) is 3.14. The number of ether oxygens (including phenoxy) is 1. The Morgan fingerprint density at radius 1 is 0.833 bits per heavy atom. The second kappa shape index (κ2) is 16.1. The highest BCUT2D eigenvalue weighted by molar-refractivity contribution is 6.30. The minimum absolute atomic E-state index is 0.136. The summed E-state index contributed by atoms with van der Waals surface area (Å²) in [5.41, 5.74) is 0.761. The molecule has 0 aliphatic heterocycles. The van der Waals surface area contributed by atoms with Crippen molar-refractivity contribution in [2.75, 3.05) is 6.54 Å². The van der Waals surface area contributed by atoms with Crippen molar-refractivity contribution in [3.63, 3.8) is 0 Å². The number of nitrogens with one attached hydrogen (secondary N) is 4. The van der Waals surface area contributed by atoms with Crippen LogP contribution in [0.25, 0.3) is 0 Å². The molecule has 0 saturated carbocycles. The molecular weight excluding hydrogens is 560 g/mol. The molecule has 42 heavy (non-hydrogen) atoms. The summed E-state index contributed by atoms with van der Waals surface area (Å²) >= 11 is 5.99. The van der Waals surface area contributed by atoms with Gasteiger partial charge in [0.15, 0.2) is 6.10 Å². The number of benzene rings is 2. The van der Waals surface area contributed by atoms with Crippen LogP contribution < -0.4 is 21.3 Å². The number of aliphatic hydroxyl groups excluding tert-OH is 1. The van der Waals surface area contributed by atoms with Crippen LogP contribution in [0.4, 0.5) is 4.79 Å². The standard InChI is InChI=1S/C31H43ClN4O6/c1-7-33-29(40)26(37)23(17-21-13-15-22(32)16-14-21)34-28(39)25(19(2)3)36-27(38)24(18-20-11-9-8-10-12-20)35-30(41)42-31(4,5)6/h8-16,19,23-26,37H,7,17-18H2,1-6H3,(H,33,40)(H,34,39)(H,35,41)(H,36,38)/t23-,24-,25-,26?/m0/s1. The molecule has 0 spiro atoms. The van der Waals surface area contributed by atoms with Gasteiger partial charge in [-0.05, 0) is 63.3 Å². The Morgan fingerprint density at radius 2 is 1.43 bits per heavy atom. The van der Waals surface area contributed by atoms with Gasteiger partial charge in [0.05, 0.1) is 6.04 Å². The molecule has 0 heterocycles. The molecule has 0 fully saturated rings. The molecule has 0 radical (unpaired) electrons. The molecule has 0 aromatic heterocycles. The van der Waals surface area contributed by atoms with E-state index in [1.807, 2.05) is 30.3 Å². The first-order chi connectivity index (χ1) is 19.7. The Morgan fingerprint density at radius 3 is 1.98 bits per heavy atom. The zero-order valence-electron chi connectivity index (χ0n) is 25.1. The second-order valence-electron chi connectivity index (χ2n) is 11.4. The number of carbonyl (C=O) groups excluding carboxylic acids is 4. The lowest BCUT2D eigenvalue weighted by molar-refractivity contribution is -0.134. The first-order valence-electron chi connectivity index (χ1n) is 14.0. The fourth-order valence-corrected chi connectivity index (χ4v) is 4.27. The van der Waals surface area contributed by atoms with Gasteiger partial charge in [0.1, 0.15) is 17.7 Å². The largest absolute Gasteiger partial charge is 0.444 e. The van der Waals surface area contributed by atoms with E-state index in [2.05, 4.69) is 21.3 Å². The zero-order chi connectivity index (χ0) is 31.4. The maximum absolute atomic E-state index is 13.5. The summed E-state index contributed by atoms with van der Waals surface area (Å²) in [5.74, 6) is -2.18. The Bertz CT molecular complexity index is 1180. The van der Waals surface area contributed by atoms with Gasteiger partial charge in [0, 0.05) is 18.0 Å². The number of aliphatic hydroxyl groups is 1. The summed E-state index contributed by atoms with van der Waals surface area (Å²) in [6, 6.07) is 12.9. The van der Waals surface area contributed by atoms with Gasteiger partial charge in [-0.1, -0.05) is 67.9 Å². The van der Waals surface area contributed by atoms with Crippen LogP contribution in [0.2, 0.25) is 5.02 Å². The lowest BCUT2D eigenvalue weighted by Crippen LogP contribution is -2.59. The van der Waals surface area contributed by atoms with E-state index < -0.39 is 53.6 Å². The highest BCUT2D eigenvalue weighted by Crippen LogP contribution is 2.14. The van der Waals surface area contributed by atoms with E-state index in [0.29, 0.717) is 11.6 Å². The smallest absolute Gasteiger partial charge is 0.408 e. The lowest BCUT2D eigenvalue weighted by atomic mass is 9.97. The van der Waals surface area contributed by atoms with E-state index in [9.17, 15) is 24.3 Å². The molecule has 0 aliphatic carbocycles. The second-order valence-corrected chi connectivity index (χ2v) is 11.8. The maximum Gasteiger partial charge on any atom is 0.408 e. The van der Waals surface area contributed by atoms with E-state index in [4.69, 9.17) is 16.3 Å². The molecule has 0 aliphatic rings. The van der Waals surface area contributed by atoms with Crippen molar-refractivity contribution >= 4 is 35.4 Å². The minimum Gasteiger partial charge on any atom is -0.444 e. The molecule has 4 amide bonds. The minimum atomic E-state index is -1.55. The van der Waals surface area contributed by atoms with Gasteiger partial charge in [0.25, 0.3) is 5.91 Å². The van der Waals surface area contributed by atoms with Crippen molar-refractivity contribution in [2.45, 2.75) is 84.2 Å². The normalized spacial score (nSPS) is 14.2. The van der Waals surface area contributed by atoms with Gasteiger partial charge in [-0.3, -0.25) is 14.4 Å². The molecule has 11 heteroatoms.